The molecule has 94 valence electrons. The Morgan fingerprint density at radius 1 is 1.53 bits per heavy atom. The lowest BCUT2D eigenvalue weighted by Gasteiger charge is -2.23. The van der Waals surface area contributed by atoms with Gasteiger partial charge in [0.25, 0.3) is 0 Å². The number of nitro groups is 1. The van der Waals surface area contributed by atoms with Crippen molar-refractivity contribution in [1.29, 1.82) is 0 Å². The average Bonchev–Trinajstić information content (AvgIpc) is 2.19. The second-order valence-corrected chi connectivity index (χ2v) is 4.23. The normalized spacial score (nSPS) is 17.7. The number of hydrogen-bond acceptors (Lipinski definition) is 4. The number of benzene rings is 1. The molecule has 1 aliphatic heterocycles. The van der Waals surface area contributed by atoms with Gasteiger partial charge in [0.15, 0.2) is 5.02 Å². The summed E-state index contributed by atoms with van der Waals surface area (Å²) in [5.41, 5.74) is 6.12. The van der Waals surface area contributed by atoms with Gasteiger partial charge in [0.1, 0.15) is 10.8 Å². The lowest BCUT2D eigenvalue weighted by Crippen LogP contribution is -2.21. The van der Waals surface area contributed by atoms with Gasteiger partial charge < -0.3 is 10.5 Å². The molecule has 0 amide bonds. The summed E-state index contributed by atoms with van der Waals surface area (Å²) in [7, 11) is 0. The highest BCUT2D eigenvalue weighted by atomic mass is 35.5. The Morgan fingerprint density at radius 2 is 2.18 bits per heavy atom. The number of ether oxygens (including phenoxy) is 1. The van der Waals surface area contributed by atoms with Gasteiger partial charge in [-0.2, -0.15) is 0 Å². The van der Waals surface area contributed by atoms with Gasteiger partial charge in [-0.3, -0.25) is 10.1 Å². The Kier molecular flexibility index (Phi) is 4.43. The van der Waals surface area contributed by atoms with Crippen molar-refractivity contribution < 1.29 is 9.66 Å². The van der Waals surface area contributed by atoms with Crippen LogP contribution in [0.1, 0.15) is 18.0 Å². The SMILES string of the molecule is Cl.N[C@@H]1CCOc2c1cc(Cl)c([N+](=O)[O-])c2Cl. The van der Waals surface area contributed by atoms with Gasteiger partial charge in [0.05, 0.1) is 11.5 Å². The van der Waals surface area contributed by atoms with Crippen molar-refractivity contribution in [2.24, 2.45) is 5.73 Å². The van der Waals surface area contributed by atoms with Gasteiger partial charge in [0, 0.05) is 18.0 Å². The first-order valence-corrected chi connectivity index (χ1v) is 5.32. The van der Waals surface area contributed by atoms with Crippen LogP contribution >= 0.6 is 35.6 Å². The summed E-state index contributed by atoms with van der Waals surface area (Å²) in [6.07, 6.45) is 0.636. The smallest absolute Gasteiger partial charge is 0.310 e. The highest BCUT2D eigenvalue weighted by Gasteiger charge is 2.29. The highest BCUT2D eigenvalue weighted by molar-refractivity contribution is 6.39. The van der Waals surface area contributed by atoms with Crippen LogP contribution < -0.4 is 10.5 Å². The Labute approximate surface area is 113 Å². The molecule has 8 heteroatoms. The Hall–Kier alpha value is -0.750. The van der Waals surface area contributed by atoms with Crippen molar-refractivity contribution >= 4 is 41.3 Å². The van der Waals surface area contributed by atoms with Crippen LogP contribution in [-0.4, -0.2) is 11.5 Å². The van der Waals surface area contributed by atoms with E-state index in [9.17, 15) is 10.1 Å². The number of rotatable bonds is 1. The second-order valence-electron chi connectivity index (χ2n) is 3.44. The van der Waals surface area contributed by atoms with Crippen LogP contribution in [0, 0.1) is 10.1 Å². The van der Waals surface area contributed by atoms with E-state index in [0.29, 0.717) is 18.6 Å². The van der Waals surface area contributed by atoms with Crippen molar-refractivity contribution in [3.8, 4) is 5.75 Å². The fraction of sp³-hybridized carbons (Fsp3) is 0.333. The molecular formula is C9H9Cl3N2O3. The molecule has 1 atom stereocenters. The summed E-state index contributed by atoms with van der Waals surface area (Å²) in [6, 6.07) is 1.20. The molecule has 1 aromatic rings. The van der Waals surface area contributed by atoms with Crippen LogP contribution in [0.5, 0.6) is 5.75 Å². The van der Waals surface area contributed by atoms with Crippen LogP contribution in [0.2, 0.25) is 10.0 Å². The van der Waals surface area contributed by atoms with Crippen molar-refractivity contribution in [2.45, 2.75) is 12.5 Å². The van der Waals surface area contributed by atoms with Crippen LogP contribution in [0.4, 0.5) is 5.69 Å². The van der Waals surface area contributed by atoms with E-state index in [2.05, 4.69) is 0 Å². The largest absolute Gasteiger partial charge is 0.491 e. The Balaban J connectivity index is 0.00000144. The number of nitro benzene ring substituents is 1. The predicted octanol–water partition coefficient (Wildman–Crippen LogP) is 3.11. The van der Waals surface area contributed by atoms with E-state index < -0.39 is 4.92 Å². The summed E-state index contributed by atoms with van der Waals surface area (Å²) in [6.45, 7) is 0.396. The Morgan fingerprint density at radius 3 is 2.76 bits per heavy atom. The zero-order valence-corrected chi connectivity index (χ0v) is 10.8. The number of fused-ring (bicyclic) bond motifs is 1. The molecule has 1 heterocycles. The van der Waals surface area contributed by atoms with E-state index in [4.69, 9.17) is 33.7 Å². The van der Waals surface area contributed by atoms with Crippen LogP contribution in [0.15, 0.2) is 6.07 Å². The minimum Gasteiger partial charge on any atom is -0.491 e. The van der Waals surface area contributed by atoms with E-state index in [0.717, 1.165) is 0 Å². The fourth-order valence-corrected chi connectivity index (χ4v) is 2.31. The molecule has 2 N–H and O–H groups in total. The van der Waals surface area contributed by atoms with Gasteiger partial charge in [-0.1, -0.05) is 23.2 Å². The molecule has 0 saturated carbocycles. The van der Waals surface area contributed by atoms with E-state index in [1.54, 1.807) is 0 Å². The number of hydrogen-bond donors (Lipinski definition) is 1. The van der Waals surface area contributed by atoms with E-state index in [1.165, 1.54) is 6.07 Å². The van der Waals surface area contributed by atoms with Crippen LogP contribution in [0.3, 0.4) is 0 Å². The quantitative estimate of drug-likeness (QED) is 0.638. The van der Waals surface area contributed by atoms with Crippen LogP contribution in [-0.2, 0) is 0 Å². The third-order valence-corrected chi connectivity index (χ3v) is 3.07. The van der Waals surface area contributed by atoms with Crippen molar-refractivity contribution in [1.82, 2.24) is 0 Å². The molecule has 0 aromatic heterocycles. The standard InChI is InChI=1S/C9H8Cl2N2O3.ClH/c10-5-3-4-6(12)1-2-16-9(4)7(11)8(5)13(14)15;/h3,6H,1-2,12H2;1H/t6-;/m1./s1. The summed E-state index contributed by atoms with van der Waals surface area (Å²) in [4.78, 5) is 10.1. The lowest BCUT2D eigenvalue weighted by molar-refractivity contribution is -0.384. The molecular weight excluding hydrogens is 290 g/mol. The predicted molar refractivity (Wildman–Crippen MR) is 67.4 cm³/mol. The molecule has 2 rings (SSSR count). The number of nitrogens with two attached hydrogens (primary N) is 1. The summed E-state index contributed by atoms with van der Waals surface area (Å²) >= 11 is 11.7. The van der Waals surface area contributed by atoms with Gasteiger partial charge >= 0.3 is 5.69 Å². The molecule has 0 spiro atoms. The van der Waals surface area contributed by atoms with Gasteiger partial charge in [-0.05, 0) is 6.07 Å². The molecule has 17 heavy (non-hydrogen) atoms. The highest BCUT2D eigenvalue weighted by Crippen LogP contribution is 2.45. The first-order valence-electron chi connectivity index (χ1n) is 4.57. The topological polar surface area (TPSA) is 78.4 Å². The van der Waals surface area contributed by atoms with E-state index in [-0.39, 0.29) is 39.9 Å². The molecule has 0 radical (unpaired) electrons. The maximum absolute atomic E-state index is 10.8. The molecule has 0 fully saturated rings. The van der Waals surface area contributed by atoms with Crippen molar-refractivity contribution in [3.63, 3.8) is 0 Å². The summed E-state index contributed by atoms with van der Waals surface area (Å²) < 4.78 is 5.30. The van der Waals surface area contributed by atoms with Gasteiger partial charge in [-0.25, -0.2) is 0 Å². The molecule has 1 aromatic carbocycles. The second kappa shape index (κ2) is 5.27. The Bertz CT molecular complexity index is 467. The third-order valence-electron chi connectivity index (χ3n) is 2.44. The summed E-state index contributed by atoms with van der Waals surface area (Å²) in [5.74, 6) is 0.275. The van der Waals surface area contributed by atoms with Crippen molar-refractivity contribution in [3.05, 3.63) is 31.8 Å². The molecule has 0 unspecified atom stereocenters. The molecule has 5 nitrogen and oxygen atoms in total. The molecule has 0 aliphatic carbocycles. The number of nitrogens with zero attached hydrogens (tertiary/aromatic N) is 1. The van der Waals surface area contributed by atoms with Crippen molar-refractivity contribution in [2.75, 3.05) is 6.61 Å². The van der Waals surface area contributed by atoms with E-state index in [1.807, 2.05) is 0 Å². The lowest BCUT2D eigenvalue weighted by atomic mass is 10.0. The van der Waals surface area contributed by atoms with Gasteiger partial charge in [-0.15, -0.1) is 12.4 Å². The minimum atomic E-state index is -0.631. The number of halogens is 3. The third kappa shape index (κ3) is 2.42. The maximum atomic E-state index is 10.8. The zero-order chi connectivity index (χ0) is 11.9. The summed E-state index contributed by atoms with van der Waals surface area (Å²) in [5, 5.41) is 10.7. The van der Waals surface area contributed by atoms with Gasteiger partial charge in [0.2, 0.25) is 0 Å². The monoisotopic (exact) mass is 298 g/mol. The molecule has 1 aliphatic rings. The first kappa shape index (κ1) is 14.3. The first-order chi connectivity index (χ1) is 7.52. The van der Waals surface area contributed by atoms with E-state index >= 15 is 0 Å². The average molecular weight is 300 g/mol. The molecule has 0 bridgehead atoms. The van der Waals surface area contributed by atoms with Crippen LogP contribution in [0.25, 0.3) is 0 Å². The molecule has 0 saturated heterocycles. The maximum Gasteiger partial charge on any atom is 0.310 e. The minimum absolute atomic E-state index is 0. The fourth-order valence-electron chi connectivity index (χ4n) is 1.64. The zero-order valence-electron chi connectivity index (χ0n) is 8.48.